The van der Waals surface area contributed by atoms with Crippen LogP contribution in [0.2, 0.25) is 0 Å². The van der Waals surface area contributed by atoms with Crippen LogP contribution in [0.25, 0.3) is 0 Å². The molecule has 0 bridgehead atoms. The third-order valence-electron chi connectivity index (χ3n) is 5.90. The molecule has 3 rings (SSSR count). The van der Waals surface area contributed by atoms with Gasteiger partial charge in [0, 0.05) is 6.61 Å². The average molecular weight is 234 g/mol. The number of ether oxygens (including phenoxy) is 1. The Kier molecular flexibility index (Phi) is 2.34. The molecule has 3 atom stereocenters. The average Bonchev–Trinajstić information content (AvgIpc) is 2.60. The fourth-order valence-electron chi connectivity index (χ4n) is 5.13. The van der Waals surface area contributed by atoms with E-state index in [4.69, 9.17) is 4.74 Å². The lowest BCUT2D eigenvalue weighted by molar-refractivity contribution is -0.0523. The Bertz CT molecular complexity index is 368. The van der Waals surface area contributed by atoms with Gasteiger partial charge in [-0.2, -0.15) is 0 Å². The van der Waals surface area contributed by atoms with Crippen LogP contribution in [0.5, 0.6) is 0 Å². The van der Waals surface area contributed by atoms with Crippen molar-refractivity contribution in [2.75, 3.05) is 6.61 Å². The number of allylic oxidation sites excluding steroid dienone is 1. The molecule has 0 aromatic rings. The zero-order valence-electron chi connectivity index (χ0n) is 11.8. The van der Waals surface area contributed by atoms with Gasteiger partial charge in [-0.05, 0) is 49.4 Å². The summed E-state index contributed by atoms with van der Waals surface area (Å²) in [4.78, 5) is 0. The van der Waals surface area contributed by atoms with E-state index in [0.29, 0.717) is 10.8 Å². The monoisotopic (exact) mass is 234 g/mol. The first-order valence-electron chi connectivity index (χ1n) is 7.24. The minimum atomic E-state index is 0.131. The van der Waals surface area contributed by atoms with Gasteiger partial charge in [-0.1, -0.05) is 38.8 Å². The highest BCUT2D eigenvalue weighted by Crippen LogP contribution is 2.62. The minimum Gasteiger partial charge on any atom is -0.375 e. The molecule has 0 unspecified atom stereocenters. The van der Waals surface area contributed by atoms with Gasteiger partial charge in [0.25, 0.3) is 0 Å². The Morgan fingerprint density at radius 1 is 1.18 bits per heavy atom. The molecule has 1 nitrogen and oxygen atoms in total. The molecule has 1 aliphatic heterocycles. The highest BCUT2D eigenvalue weighted by atomic mass is 16.5. The Morgan fingerprint density at radius 2 is 1.94 bits per heavy atom. The normalized spacial score (nSPS) is 48.2. The lowest BCUT2D eigenvalue weighted by Crippen LogP contribution is -2.50. The van der Waals surface area contributed by atoms with E-state index < -0.39 is 0 Å². The summed E-state index contributed by atoms with van der Waals surface area (Å²) in [5.74, 6) is 0.745. The topological polar surface area (TPSA) is 9.23 Å². The first-order chi connectivity index (χ1) is 7.89. The fraction of sp³-hybridized carbons (Fsp3) is 0.875. The second-order valence-corrected chi connectivity index (χ2v) is 7.48. The van der Waals surface area contributed by atoms with Crippen molar-refractivity contribution in [2.45, 2.75) is 65.4 Å². The molecule has 3 aliphatic rings. The van der Waals surface area contributed by atoms with Crippen LogP contribution in [0.1, 0.15) is 59.8 Å². The molecule has 0 amide bonds. The summed E-state index contributed by atoms with van der Waals surface area (Å²) in [6.45, 7) is 10.7. The molecule has 96 valence electrons. The van der Waals surface area contributed by atoms with E-state index in [-0.39, 0.29) is 5.60 Å². The molecule has 1 saturated heterocycles. The van der Waals surface area contributed by atoms with Crippen molar-refractivity contribution in [1.29, 1.82) is 0 Å². The first-order valence-corrected chi connectivity index (χ1v) is 7.24. The van der Waals surface area contributed by atoms with Gasteiger partial charge < -0.3 is 4.74 Å². The molecular weight excluding hydrogens is 208 g/mol. The summed E-state index contributed by atoms with van der Waals surface area (Å²) >= 11 is 0. The second kappa shape index (κ2) is 3.38. The van der Waals surface area contributed by atoms with Crippen LogP contribution in [0.3, 0.4) is 0 Å². The Morgan fingerprint density at radius 3 is 2.71 bits per heavy atom. The van der Waals surface area contributed by atoms with Gasteiger partial charge in [0.15, 0.2) is 0 Å². The summed E-state index contributed by atoms with van der Waals surface area (Å²) in [5, 5.41) is 0. The maximum absolute atomic E-state index is 6.08. The highest BCUT2D eigenvalue weighted by molar-refractivity contribution is 5.30. The molecule has 0 spiro atoms. The van der Waals surface area contributed by atoms with Gasteiger partial charge in [0.05, 0.1) is 5.60 Å². The van der Waals surface area contributed by atoms with Gasteiger partial charge in [0.2, 0.25) is 0 Å². The zero-order valence-corrected chi connectivity index (χ0v) is 11.8. The molecule has 0 aromatic carbocycles. The molecule has 0 N–H and O–H groups in total. The zero-order chi connectivity index (χ0) is 12.3. The molecule has 0 radical (unpaired) electrons. The van der Waals surface area contributed by atoms with Crippen molar-refractivity contribution in [3.8, 4) is 0 Å². The van der Waals surface area contributed by atoms with Crippen LogP contribution in [0.15, 0.2) is 11.6 Å². The van der Waals surface area contributed by atoms with Gasteiger partial charge in [-0.25, -0.2) is 0 Å². The molecule has 17 heavy (non-hydrogen) atoms. The lowest BCUT2D eigenvalue weighted by atomic mass is 9.50. The standard InChI is InChI=1S/C16H26O/c1-14(2)8-5-9-15(3)12(14)6-10-16(4)13(15)7-11-17-16/h6,13H,5,7-11H2,1-4H3/t13-,15-,16+/m0/s1. The summed E-state index contributed by atoms with van der Waals surface area (Å²) in [5.41, 5.74) is 2.69. The van der Waals surface area contributed by atoms with Crippen LogP contribution in [-0.4, -0.2) is 12.2 Å². The third-order valence-corrected chi connectivity index (χ3v) is 5.90. The molecular formula is C16H26O. The summed E-state index contributed by atoms with van der Waals surface area (Å²) in [7, 11) is 0. The van der Waals surface area contributed by atoms with Gasteiger partial charge >= 0.3 is 0 Å². The van der Waals surface area contributed by atoms with Crippen LogP contribution in [0.4, 0.5) is 0 Å². The van der Waals surface area contributed by atoms with Crippen molar-refractivity contribution < 1.29 is 4.74 Å². The molecule has 1 saturated carbocycles. The largest absolute Gasteiger partial charge is 0.375 e. The van der Waals surface area contributed by atoms with Crippen LogP contribution in [0, 0.1) is 16.7 Å². The highest BCUT2D eigenvalue weighted by Gasteiger charge is 2.56. The van der Waals surface area contributed by atoms with Crippen LogP contribution >= 0.6 is 0 Å². The quantitative estimate of drug-likeness (QED) is 0.567. The molecule has 1 heteroatoms. The number of fused-ring (bicyclic) bond motifs is 3. The fourth-order valence-corrected chi connectivity index (χ4v) is 5.13. The first kappa shape index (κ1) is 11.8. The molecule has 2 aliphatic carbocycles. The van der Waals surface area contributed by atoms with Crippen molar-refractivity contribution in [3.63, 3.8) is 0 Å². The van der Waals surface area contributed by atoms with Gasteiger partial charge in [-0.15, -0.1) is 0 Å². The number of hydrogen-bond acceptors (Lipinski definition) is 1. The van der Waals surface area contributed by atoms with Gasteiger partial charge in [-0.3, -0.25) is 0 Å². The maximum Gasteiger partial charge on any atom is 0.0726 e. The number of rotatable bonds is 0. The Hall–Kier alpha value is -0.300. The molecule has 0 aromatic heterocycles. The molecule has 1 heterocycles. The van der Waals surface area contributed by atoms with Crippen molar-refractivity contribution in [3.05, 3.63) is 11.6 Å². The third kappa shape index (κ3) is 1.47. The summed E-state index contributed by atoms with van der Waals surface area (Å²) < 4.78 is 6.08. The van der Waals surface area contributed by atoms with E-state index in [0.717, 1.165) is 18.9 Å². The Balaban J connectivity index is 2.07. The van der Waals surface area contributed by atoms with E-state index in [2.05, 4.69) is 33.8 Å². The van der Waals surface area contributed by atoms with Crippen molar-refractivity contribution in [2.24, 2.45) is 16.7 Å². The van der Waals surface area contributed by atoms with E-state index in [9.17, 15) is 0 Å². The minimum absolute atomic E-state index is 0.131. The van der Waals surface area contributed by atoms with E-state index in [1.54, 1.807) is 5.57 Å². The van der Waals surface area contributed by atoms with E-state index in [1.165, 1.54) is 25.7 Å². The Labute approximate surface area is 106 Å². The molecule has 2 fully saturated rings. The van der Waals surface area contributed by atoms with Crippen molar-refractivity contribution in [1.82, 2.24) is 0 Å². The van der Waals surface area contributed by atoms with Crippen molar-refractivity contribution >= 4 is 0 Å². The second-order valence-electron chi connectivity index (χ2n) is 7.48. The van der Waals surface area contributed by atoms with Crippen LogP contribution < -0.4 is 0 Å². The predicted molar refractivity (Wildman–Crippen MR) is 70.9 cm³/mol. The van der Waals surface area contributed by atoms with E-state index >= 15 is 0 Å². The SMILES string of the molecule is CC1(C)CCC[C@@]2(C)C1=CC[C@@]1(C)OCC[C@H]12. The van der Waals surface area contributed by atoms with Crippen LogP contribution in [-0.2, 0) is 4.74 Å². The summed E-state index contributed by atoms with van der Waals surface area (Å²) in [6.07, 6.45) is 9.03. The summed E-state index contributed by atoms with van der Waals surface area (Å²) in [6, 6.07) is 0. The lowest BCUT2D eigenvalue weighted by Gasteiger charge is -2.55. The number of hydrogen-bond donors (Lipinski definition) is 0. The predicted octanol–water partition coefficient (Wildman–Crippen LogP) is 4.33. The smallest absolute Gasteiger partial charge is 0.0726 e. The van der Waals surface area contributed by atoms with Gasteiger partial charge in [0.1, 0.15) is 0 Å². The maximum atomic E-state index is 6.08. The van der Waals surface area contributed by atoms with E-state index in [1.807, 2.05) is 0 Å².